The van der Waals surface area contributed by atoms with Crippen molar-refractivity contribution in [2.24, 2.45) is 0 Å². The van der Waals surface area contributed by atoms with Gasteiger partial charge in [0.05, 0.1) is 0 Å². The first-order valence-electron chi connectivity index (χ1n) is 7.89. The molecule has 22 heavy (non-hydrogen) atoms. The van der Waals surface area contributed by atoms with Crippen LogP contribution in [0.5, 0.6) is 0 Å². The third kappa shape index (κ3) is 2.39. The van der Waals surface area contributed by atoms with Crippen molar-refractivity contribution in [1.82, 2.24) is 4.98 Å². The summed E-state index contributed by atoms with van der Waals surface area (Å²) >= 11 is 0. The van der Waals surface area contributed by atoms with E-state index in [0.29, 0.717) is 0 Å². The van der Waals surface area contributed by atoms with Gasteiger partial charge < -0.3 is 4.98 Å². The summed E-state index contributed by atoms with van der Waals surface area (Å²) in [7, 11) is 0. The van der Waals surface area contributed by atoms with Gasteiger partial charge in [-0.2, -0.15) is 0 Å². The van der Waals surface area contributed by atoms with Crippen molar-refractivity contribution in [3.05, 3.63) is 95.2 Å². The molecule has 108 valence electrons. The van der Waals surface area contributed by atoms with Crippen molar-refractivity contribution in [2.45, 2.75) is 19.3 Å². The minimum Gasteiger partial charge on any atom is -0.358 e. The number of allylic oxidation sites excluding steroid dienone is 2. The molecule has 0 unspecified atom stereocenters. The van der Waals surface area contributed by atoms with Crippen LogP contribution in [0.3, 0.4) is 0 Å². The zero-order chi connectivity index (χ0) is 14.8. The molecular formula is C21H19N. The topological polar surface area (TPSA) is 15.8 Å². The molecule has 1 aromatic heterocycles. The molecule has 0 saturated carbocycles. The van der Waals surface area contributed by atoms with E-state index >= 15 is 0 Å². The van der Waals surface area contributed by atoms with Crippen LogP contribution in [-0.4, -0.2) is 4.98 Å². The van der Waals surface area contributed by atoms with Gasteiger partial charge >= 0.3 is 0 Å². The average molecular weight is 285 g/mol. The number of H-pyrrole nitrogens is 1. The number of nitrogens with one attached hydrogen (secondary N) is 1. The maximum atomic E-state index is 3.72. The lowest BCUT2D eigenvalue weighted by molar-refractivity contribution is 1.04. The monoisotopic (exact) mass is 285 g/mol. The van der Waals surface area contributed by atoms with E-state index < -0.39 is 0 Å². The summed E-state index contributed by atoms with van der Waals surface area (Å²) in [5, 5.41) is 0. The van der Waals surface area contributed by atoms with E-state index in [1.807, 2.05) is 0 Å². The predicted octanol–water partition coefficient (Wildman–Crippen LogP) is 4.93. The highest BCUT2D eigenvalue weighted by molar-refractivity contribution is 5.68. The lowest BCUT2D eigenvalue weighted by atomic mass is 9.94. The molecule has 0 spiro atoms. The molecule has 0 saturated heterocycles. The molecule has 1 aliphatic carbocycles. The highest BCUT2D eigenvalue weighted by atomic mass is 14.7. The maximum absolute atomic E-state index is 3.72. The normalized spacial score (nSPS) is 13.1. The smallest absolute Gasteiger partial charge is 0.0494 e. The van der Waals surface area contributed by atoms with Gasteiger partial charge in [-0.15, -0.1) is 0 Å². The zero-order valence-corrected chi connectivity index (χ0v) is 12.5. The number of benzene rings is 2. The first kappa shape index (κ1) is 13.1. The van der Waals surface area contributed by atoms with Gasteiger partial charge in [-0.3, -0.25) is 0 Å². The highest BCUT2D eigenvalue weighted by Gasteiger charge is 2.18. The molecule has 0 aliphatic heterocycles. The Bertz CT molecular complexity index is 795. The van der Waals surface area contributed by atoms with Crippen molar-refractivity contribution >= 4 is 0 Å². The van der Waals surface area contributed by atoms with E-state index in [4.69, 9.17) is 0 Å². The molecule has 1 nitrogen and oxygen atoms in total. The first-order chi connectivity index (χ1) is 10.9. The van der Waals surface area contributed by atoms with E-state index in [1.165, 1.54) is 33.6 Å². The van der Waals surface area contributed by atoms with Crippen LogP contribution in [0.15, 0.2) is 72.8 Å². The van der Waals surface area contributed by atoms with E-state index in [0.717, 1.165) is 19.3 Å². The second kappa shape index (κ2) is 5.69. The summed E-state index contributed by atoms with van der Waals surface area (Å²) in [5.74, 6) is 0. The van der Waals surface area contributed by atoms with Gasteiger partial charge in [0.2, 0.25) is 0 Å². The molecule has 0 amide bonds. The van der Waals surface area contributed by atoms with Crippen LogP contribution in [0.2, 0.25) is 0 Å². The lowest BCUT2D eigenvalue weighted by Gasteiger charge is -2.09. The summed E-state index contributed by atoms with van der Waals surface area (Å²) in [6, 6.07) is 21.4. The maximum Gasteiger partial charge on any atom is 0.0494 e. The van der Waals surface area contributed by atoms with Crippen molar-refractivity contribution in [1.29, 1.82) is 0 Å². The van der Waals surface area contributed by atoms with Crippen molar-refractivity contribution in [3.63, 3.8) is 0 Å². The van der Waals surface area contributed by atoms with Crippen molar-refractivity contribution in [3.8, 4) is 11.3 Å². The molecule has 0 fully saturated rings. The highest BCUT2D eigenvalue weighted by Crippen LogP contribution is 2.32. The fourth-order valence-corrected chi connectivity index (χ4v) is 3.31. The molecule has 1 heteroatoms. The molecule has 0 bridgehead atoms. The third-order valence-electron chi connectivity index (χ3n) is 4.40. The minimum absolute atomic E-state index is 0.976. The predicted molar refractivity (Wildman–Crippen MR) is 92.0 cm³/mol. The van der Waals surface area contributed by atoms with Crippen LogP contribution < -0.4 is 0 Å². The Morgan fingerprint density at radius 1 is 0.727 bits per heavy atom. The quantitative estimate of drug-likeness (QED) is 0.657. The van der Waals surface area contributed by atoms with Gasteiger partial charge in [-0.05, 0) is 35.1 Å². The second-order valence-corrected chi connectivity index (χ2v) is 5.84. The van der Waals surface area contributed by atoms with E-state index in [-0.39, 0.29) is 0 Å². The van der Waals surface area contributed by atoms with Crippen LogP contribution in [0.1, 0.15) is 22.4 Å². The Morgan fingerprint density at radius 2 is 1.36 bits per heavy atom. The van der Waals surface area contributed by atoms with Crippen LogP contribution >= 0.6 is 0 Å². The van der Waals surface area contributed by atoms with Gasteiger partial charge in [0.15, 0.2) is 0 Å². The molecular weight excluding hydrogens is 266 g/mol. The molecule has 1 N–H and O–H groups in total. The molecule has 0 radical (unpaired) electrons. The average Bonchev–Trinajstić information content (AvgIpc) is 2.96. The Morgan fingerprint density at radius 3 is 2.09 bits per heavy atom. The molecule has 1 heterocycles. The molecule has 4 rings (SSSR count). The number of fused-ring (bicyclic) bond motifs is 1. The van der Waals surface area contributed by atoms with Crippen molar-refractivity contribution < 1.29 is 0 Å². The van der Waals surface area contributed by atoms with Gasteiger partial charge in [0, 0.05) is 17.8 Å². The fourth-order valence-electron chi connectivity index (χ4n) is 3.31. The van der Waals surface area contributed by atoms with Gasteiger partial charge in [0.25, 0.3) is 0 Å². The number of aromatic nitrogens is 1. The molecule has 0 atom stereocenters. The number of hydrogen-bond acceptors (Lipinski definition) is 0. The van der Waals surface area contributed by atoms with Crippen molar-refractivity contribution in [2.75, 3.05) is 0 Å². The van der Waals surface area contributed by atoms with Gasteiger partial charge in [0.1, 0.15) is 0 Å². The van der Waals surface area contributed by atoms with Crippen LogP contribution in [0.4, 0.5) is 0 Å². The lowest BCUT2D eigenvalue weighted by Crippen LogP contribution is -1.98. The van der Waals surface area contributed by atoms with Gasteiger partial charge in [-0.25, -0.2) is 0 Å². The van der Waals surface area contributed by atoms with Crippen LogP contribution in [-0.2, 0) is 19.3 Å². The third-order valence-corrected chi connectivity index (χ3v) is 4.40. The number of rotatable bonds is 3. The molecule has 2 aromatic carbocycles. The van der Waals surface area contributed by atoms with Crippen LogP contribution in [0.25, 0.3) is 11.3 Å². The number of aromatic amines is 1. The Balaban J connectivity index is 1.78. The zero-order valence-electron chi connectivity index (χ0n) is 12.5. The summed E-state index contributed by atoms with van der Waals surface area (Å²) in [4.78, 5) is 3.72. The Hall–Kier alpha value is -2.54. The van der Waals surface area contributed by atoms with Crippen LogP contribution in [0, 0.1) is 0 Å². The number of hydrogen-bond donors (Lipinski definition) is 1. The Labute approximate surface area is 131 Å². The molecule has 3 aromatic rings. The van der Waals surface area contributed by atoms with Gasteiger partial charge in [-0.1, -0.05) is 72.8 Å². The summed E-state index contributed by atoms with van der Waals surface area (Å²) < 4.78 is 0. The fraction of sp³-hybridized carbons (Fsp3) is 0.143. The van der Waals surface area contributed by atoms with E-state index in [1.54, 1.807) is 0 Å². The summed E-state index contributed by atoms with van der Waals surface area (Å²) in [6.07, 6.45) is 7.63. The summed E-state index contributed by atoms with van der Waals surface area (Å²) in [6.45, 7) is 0. The van der Waals surface area contributed by atoms with E-state index in [9.17, 15) is 0 Å². The largest absolute Gasteiger partial charge is 0.358 e. The second-order valence-electron chi connectivity index (χ2n) is 5.84. The first-order valence-corrected chi connectivity index (χ1v) is 7.89. The summed E-state index contributed by atoms with van der Waals surface area (Å²) in [5.41, 5.74) is 8.27. The SMILES string of the molecule is C1=CCc2c(-c3ccccc3)[nH]c(Cc3ccccc3)c2C1. The standard InChI is InChI=1S/C21H19N/c1-3-9-16(10-4-1)15-20-18-13-7-8-14-19(18)21(22-20)17-11-5-2-6-12-17/h1-12,22H,13-15H2. The minimum atomic E-state index is 0.976. The Kier molecular flexibility index (Phi) is 3.40. The molecule has 1 aliphatic rings. The van der Waals surface area contributed by atoms with E-state index in [2.05, 4.69) is 77.8 Å².